The molecule has 4 rings (SSSR count). The number of likely N-dealkylation sites (tertiary alicyclic amines) is 1. The summed E-state index contributed by atoms with van der Waals surface area (Å²) in [5, 5.41) is 1.20. The molecule has 0 bridgehead atoms. The van der Waals surface area contributed by atoms with E-state index in [1.165, 1.54) is 29.5 Å². The van der Waals surface area contributed by atoms with Gasteiger partial charge in [0.25, 0.3) is 0 Å². The SMILES string of the molecule is CCOc1ccc(CN2CCCC(c3cc4cccnc4[nH]3)C2)cc1OC. The molecule has 1 fully saturated rings. The number of H-pyrrole nitrogens is 1. The topological polar surface area (TPSA) is 50.4 Å². The third-order valence-corrected chi connectivity index (χ3v) is 5.29. The number of methoxy groups -OCH3 is 1. The molecule has 0 spiro atoms. The van der Waals surface area contributed by atoms with Crippen LogP contribution in [0.2, 0.25) is 0 Å². The molecule has 1 atom stereocenters. The molecule has 0 amide bonds. The van der Waals surface area contributed by atoms with Gasteiger partial charge in [-0.1, -0.05) is 6.07 Å². The molecule has 1 saturated heterocycles. The highest BCUT2D eigenvalue weighted by atomic mass is 16.5. The lowest BCUT2D eigenvalue weighted by molar-refractivity contribution is 0.198. The highest BCUT2D eigenvalue weighted by Crippen LogP contribution is 2.31. The molecule has 3 aromatic rings. The number of nitrogens with one attached hydrogen (secondary N) is 1. The van der Waals surface area contributed by atoms with E-state index in [0.717, 1.165) is 36.8 Å². The Balaban J connectivity index is 1.47. The minimum atomic E-state index is 0.526. The van der Waals surface area contributed by atoms with Crippen LogP contribution in [0.15, 0.2) is 42.6 Å². The highest BCUT2D eigenvalue weighted by molar-refractivity contribution is 5.76. The number of fused-ring (bicyclic) bond motifs is 1. The van der Waals surface area contributed by atoms with E-state index in [2.05, 4.69) is 39.1 Å². The van der Waals surface area contributed by atoms with Gasteiger partial charge >= 0.3 is 0 Å². The Bertz CT molecular complexity index is 872. The maximum Gasteiger partial charge on any atom is 0.161 e. The number of aromatic nitrogens is 2. The minimum Gasteiger partial charge on any atom is -0.493 e. The number of benzene rings is 1. The average Bonchev–Trinajstić information content (AvgIpc) is 3.14. The third-order valence-electron chi connectivity index (χ3n) is 5.29. The number of ether oxygens (including phenoxy) is 2. The second-order valence-electron chi connectivity index (χ2n) is 7.16. The molecule has 27 heavy (non-hydrogen) atoms. The molecule has 0 aliphatic carbocycles. The van der Waals surface area contributed by atoms with Gasteiger partial charge in [-0.2, -0.15) is 0 Å². The minimum absolute atomic E-state index is 0.526. The van der Waals surface area contributed by atoms with E-state index in [0.29, 0.717) is 12.5 Å². The van der Waals surface area contributed by atoms with Crippen LogP contribution in [0.1, 0.15) is 36.9 Å². The lowest BCUT2D eigenvalue weighted by atomic mass is 9.94. The fourth-order valence-corrected chi connectivity index (χ4v) is 4.00. The number of aromatic amines is 1. The smallest absolute Gasteiger partial charge is 0.161 e. The van der Waals surface area contributed by atoms with Crippen molar-refractivity contribution in [1.29, 1.82) is 0 Å². The Morgan fingerprint density at radius 1 is 1.22 bits per heavy atom. The van der Waals surface area contributed by atoms with Gasteiger partial charge in [0.2, 0.25) is 0 Å². The van der Waals surface area contributed by atoms with Crippen LogP contribution >= 0.6 is 0 Å². The van der Waals surface area contributed by atoms with Gasteiger partial charge in [-0.25, -0.2) is 4.98 Å². The zero-order valence-corrected chi connectivity index (χ0v) is 16.1. The maximum atomic E-state index is 5.63. The fourth-order valence-electron chi connectivity index (χ4n) is 4.00. The summed E-state index contributed by atoms with van der Waals surface area (Å²) in [5.74, 6) is 2.15. The first-order valence-electron chi connectivity index (χ1n) is 9.72. The van der Waals surface area contributed by atoms with Crippen molar-refractivity contribution < 1.29 is 9.47 Å². The largest absolute Gasteiger partial charge is 0.493 e. The predicted molar refractivity (Wildman–Crippen MR) is 108 cm³/mol. The molecule has 5 nitrogen and oxygen atoms in total. The molecule has 0 saturated carbocycles. The Morgan fingerprint density at radius 2 is 2.15 bits per heavy atom. The van der Waals surface area contributed by atoms with Crippen LogP contribution in [0.25, 0.3) is 11.0 Å². The second kappa shape index (κ2) is 8.01. The number of hydrogen-bond donors (Lipinski definition) is 1. The summed E-state index contributed by atoms with van der Waals surface area (Å²) in [6.07, 6.45) is 4.27. The van der Waals surface area contributed by atoms with Crippen LogP contribution in [0, 0.1) is 0 Å². The maximum absolute atomic E-state index is 5.63. The molecule has 1 unspecified atom stereocenters. The van der Waals surface area contributed by atoms with Crippen molar-refractivity contribution in [2.45, 2.75) is 32.2 Å². The van der Waals surface area contributed by atoms with Gasteiger partial charge in [0.15, 0.2) is 11.5 Å². The summed E-state index contributed by atoms with van der Waals surface area (Å²) in [4.78, 5) is 10.5. The van der Waals surface area contributed by atoms with Gasteiger partial charge in [0.1, 0.15) is 5.65 Å². The molecular weight excluding hydrogens is 338 g/mol. The standard InChI is InChI=1S/C22H27N3O2/c1-3-27-20-9-8-16(12-21(20)26-2)14-25-11-5-7-18(15-25)19-13-17-6-4-10-23-22(17)24-19/h4,6,8-10,12-13,18H,3,5,7,11,14-15H2,1-2H3,(H,23,24). The summed E-state index contributed by atoms with van der Waals surface area (Å²) in [7, 11) is 1.70. The highest BCUT2D eigenvalue weighted by Gasteiger charge is 2.23. The number of rotatable bonds is 6. The summed E-state index contributed by atoms with van der Waals surface area (Å²) >= 11 is 0. The van der Waals surface area contributed by atoms with Crippen LogP contribution in [0.5, 0.6) is 11.5 Å². The number of piperidine rings is 1. The molecule has 5 heteroatoms. The van der Waals surface area contributed by atoms with Crippen molar-refractivity contribution in [2.75, 3.05) is 26.8 Å². The van der Waals surface area contributed by atoms with E-state index in [1.54, 1.807) is 7.11 Å². The van der Waals surface area contributed by atoms with Crippen molar-refractivity contribution in [3.63, 3.8) is 0 Å². The lowest BCUT2D eigenvalue weighted by Crippen LogP contribution is -2.34. The van der Waals surface area contributed by atoms with Crippen molar-refractivity contribution in [1.82, 2.24) is 14.9 Å². The van der Waals surface area contributed by atoms with Crippen molar-refractivity contribution in [2.24, 2.45) is 0 Å². The normalized spacial score (nSPS) is 17.9. The first kappa shape index (κ1) is 17.9. The van der Waals surface area contributed by atoms with E-state index in [9.17, 15) is 0 Å². The molecule has 1 aliphatic rings. The summed E-state index contributed by atoms with van der Waals surface area (Å²) in [6.45, 7) is 5.74. The zero-order valence-electron chi connectivity index (χ0n) is 16.1. The van der Waals surface area contributed by atoms with Crippen LogP contribution in [0.4, 0.5) is 0 Å². The second-order valence-corrected chi connectivity index (χ2v) is 7.16. The molecule has 0 radical (unpaired) electrons. The zero-order chi connectivity index (χ0) is 18.6. The summed E-state index contributed by atoms with van der Waals surface area (Å²) in [5.41, 5.74) is 3.55. The van der Waals surface area contributed by atoms with E-state index in [1.807, 2.05) is 25.3 Å². The Kier molecular flexibility index (Phi) is 5.30. The van der Waals surface area contributed by atoms with Crippen LogP contribution in [-0.2, 0) is 6.54 Å². The van der Waals surface area contributed by atoms with Crippen molar-refractivity contribution in [3.05, 3.63) is 53.9 Å². The Hall–Kier alpha value is -2.53. The Labute approximate surface area is 160 Å². The number of hydrogen-bond acceptors (Lipinski definition) is 4. The van der Waals surface area contributed by atoms with Gasteiger partial charge in [-0.05, 0) is 62.2 Å². The lowest BCUT2D eigenvalue weighted by Gasteiger charge is -2.32. The summed E-state index contributed by atoms with van der Waals surface area (Å²) < 4.78 is 11.1. The van der Waals surface area contributed by atoms with E-state index >= 15 is 0 Å². The molecule has 2 aromatic heterocycles. The van der Waals surface area contributed by atoms with E-state index < -0.39 is 0 Å². The van der Waals surface area contributed by atoms with Gasteiger partial charge in [-0.3, -0.25) is 4.90 Å². The average molecular weight is 365 g/mol. The first-order chi connectivity index (χ1) is 13.3. The van der Waals surface area contributed by atoms with Gasteiger partial charge in [0, 0.05) is 36.3 Å². The molecule has 3 heterocycles. The first-order valence-corrected chi connectivity index (χ1v) is 9.72. The third kappa shape index (κ3) is 3.93. The molecular formula is C22H27N3O2. The van der Waals surface area contributed by atoms with Gasteiger partial charge < -0.3 is 14.5 Å². The number of nitrogens with zero attached hydrogens (tertiary/aromatic N) is 2. The van der Waals surface area contributed by atoms with Crippen LogP contribution in [-0.4, -0.2) is 41.7 Å². The number of pyridine rings is 1. The van der Waals surface area contributed by atoms with Crippen molar-refractivity contribution >= 4 is 11.0 Å². The van der Waals surface area contributed by atoms with E-state index in [-0.39, 0.29) is 0 Å². The molecule has 142 valence electrons. The van der Waals surface area contributed by atoms with Gasteiger partial charge in [-0.15, -0.1) is 0 Å². The van der Waals surface area contributed by atoms with Gasteiger partial charge in [0.05, 0.1) is 13.7 Å². The molecule has 1 aliphatic heterocycles. The van der Waals surface area contributed by atoms with E-state index in [4.69, 9.17) is 9.47 Å². The monoisotopic (exact) mass is 365 g/mol. The van der Waals surface area contributed by atoms with Crippen LogP contribution in [0.3, 0.4) is 0 Å². The molecule has 1 N–H and O–H groups in total. The van der Waals surface area contributed by atoms with Crippen molar-refractivity contribution in [3.8, 4) is 11.5 Å². The quantitative estimate of drug-likeness (QED) is 0.706. The predicted octanol–water partition coefficient (Wildman–Crippen LogP) is 4.35. The Morgan fingerprint density at radius 3 is 2.96 bits per heavy atom. The summed E-state index contributed by atoms with van der Waals surface area (Å²) in [6, 6.07) is 12.6. The van der Waals surface area contributed by atoms with Crippen LogP contribution < -0.4 is 9.47 Å². The molecule has 1 aromatic carbocycles. The fraction of sp³-hybridized carbons (Fsp3) is 0.409.